The van der Waals surface area contributed by atoms with Crippen molar-refractivity contribution in [3.63, 3.8) is 0 Å². The Balaban J connectivity index is 1.88. The summed E-state index contributed by atoms with van der Waals surface area (Å²) in [6, 6.07) is 1.96. The van der Waals surface area contributed by atoms with Crippen molar-refractivity contribution < 1.29 is 14.6 Å². The van der Waals surface area contributed by atoms with Crippen LogP contribution in [0.4, 0.5) is 0 Å². The molecule has 5 heteroatoms. The Bertz CT molecular complexity index is 463. The Morgan fingerprint density at radius 3 is 3.15 bits per heavy atom. The minimum absolute atomic E-state index is 0.340. The zero-order valence-corrected chi connectivity index (χ0v) is 12.6. The molecule has 1 saturated heterocycles. The van der Waals surface area contributed by atoms with Gasteiger partial charge in [-0.15, -0.1) is 11.3 Å². The fraction of sp³-hybridized carbons (Fsp3) is 0.533. The number of likely N-dealkylation sites (N-methyl/N-ethyl adjacent to an activating group) is 1. The number of carboxylic acid groups (broad SMARTS) is 1. The number of ether oxygens (including phenoxy) is 1. The van der Waals surface area contributed by atoms with Crippen molar-refractivity contribution in [1.82, 2.24) is 4.90 Å². The molecule has 2 heterocycles. The lowest BCUT2D eigenvalue weighted by Crippen LogP contribution is -2.32. The highest BCUT2D eigenvalue weighted by Gasteiger charge is 2.16. The Hall–Kier alpha value is -1.17. The molecule has 0 saturated carbocycles. The topological polar surface area (TPSA) is 49.8 Å². The third kappa shape index (κ3) is 4.74. The van der Waals surface area contributed by atoms with Crippen LogP contribution in [-0.4, -0.2) is 42.3 Å². The van der Waals surface area contributed by atoms with Crippen molar-refractivity contribution in [3.8, 4) is 0 Å². The average Bonchev–Trinajstić information content (AvgIpc) is 2.84. The second-order valence-corrected chi connectivity index (χ2v) is 6.16. The lowest BCUT2D eigenvalue weighted by Gasteiger charge is -2.27. The summed E-state index contributed by atoms with van der Waals surface area (Å²) in [5, 5.41) is 10.7. The molecule has 1 aliphatic heterocycles. The fourth-order valence-corrected chi connectivity index (χ4v) is 3.34. The van der Waals surface area contributed by atoms with Gasteiger partial charge in [0, 0.05) is 30.6 Å². The van der Waals surface area contributed by atoms with Crippen LogP contribution >= 0.6 is 11.3 Å². The van der Waals surface area contributed by atoms with Crippen LogP contribution < -0.4 is 0 Å². The standard InChI is InChI=1S/C15H21NO3S/c1-16(10-13-4-2-3-8-19-13)11-14-12(7-9-20-14)5-6-15(17)18/h5-7,9,13H,2-4,8,10-11H2,1H3,(H,17,18). The predicted octanol–water partition coefficient (Wildman–Crippen LogP) is 2.85. The molecular weight excluding hydrogens is 274 g/mol. The first-order valence-electron chi connectivity index (χ1n) is 6.92. The number of nitrogens with zero attached hydrogens (tertiary/aromatic N) is 1. The van der Waals surface area contributed by atoms with Crippen molar-refractivity contribution in [2.45, 2.75) is 31.9 Å². The Labute approximate surface area is 123 Å². The van der Waals surface area contributed by atoms with E-state index in [2.05, 4.69) is 11.9 Å². The van der Waals surface area contributed by atoms with Crippen molar-refractivity contribution in [3.05, 3.63) is 28.0 Å². The third-order valence-corrected chi connectivity index (χ3v) is 4.31. The quantitative estimate of drug-likeness (QED) is 0.820. The first-order valence-corrected chi connectivity index (χ1v) is 7.80. The zero-order valence-electron chi connectivity index (χ0n) is 11.7. The largest absolute Gasteiger partial charge is 0.478 e. The van der Waals surface area contributed by atoms with E-state index in [4.69, 9.17) is 9.84 Å². The highest BCUT2D eigenvalue weighted by atomic mass is 32.1. The van der Waals surface area contributed by atoms with Crippen LogP contribution in [0.5, 0.6) is 0 Å². The monoisotopic (exact) mass is 295 g/mol. The van der Waals surface area contributed by atoms with E-state index in [1.807, 2.05) is 11.4 Å². The fourth-order valence-electron chi connectivity index (χ4n) is 2.40. The van der Waals surface area contributed by atoms with Crippen molar-refractivity contribution in [1.29, 1.82) is 0 Å². The highest BCUT2D eigenvalue weighted by molar-refractivity contribution is 7.10. The van der Waals surface area contributed by atoms with Crippen LogP contribution in [0.15, 0.2) is 17.5 Å². The molecule has 110 valence electrons. The number of rotatable bonds is 6. The van der Waals surface area contributed by atoms with Crippen LogP contribution in [0.2, 0.25) is 0 Å². The average molecular weight is 295 g/mol. The SMILES string of the molecule is CN(Cc1sccc1C=CC(=O)O)CC1CCCCO1. The molecular formula is C15H21NO3S. The van der Waals surface area contributed by atoms with E-state index < -0.39 is 5.97 Å². The highest BCUT2D eigenvalue weighted by Crippen LogP contribution is 2.21. The molecule has 1 aromatic rings. The molecule has 20 heavy (non-hydrogen) atoms. The molecule has 0 aliphatic carbocycles. The summed E-state index contributed by atoms with van der Waals surface area (Å²) < 4.78 is 5.75. The van der Waals surface area contributed by atoms with Crippen LogP contribution in [0.1, 0.15) is 29.7 Å². The molecule has 2 rings (SSSR count). The normalized spacial score (nSPS) is 19.8. The van der Waals surface area contributed by atoms with Crippen LogP contribution in [0.25, 0.3) is 6.08 Å². The first kappa shape index (κ1) is 15.2. The van der Waals surface area contributed by atoms with Gasteiger partial charge in [-0.3, -0.25) is 4.90 Å². The van der Waals surface area contributed by atoms with Gasteiger partial charge in [-0.05, 0) is 49.4 Å². The maximum absolute atomic E-state index is 10.6. The molecule has 1 aliphatic rings. The first-order chi connectivity index (χ1) is 9.65. The molecule has 0 radical (unpaired) electrons. The van der Waals surface area contributed by atoms with E-state index in [0.29, 0.717) is 6.10 Å². The molecule has 0 aromatic carbocycles. The number of hydrogen-bond donors (Lipinski definition) is 1. The van der Waals surface area contributed by atoms with Gasteiger partial charge in [0.1, 0.15) is 0 Å². The van der Waals surface area contributed by atoms with Gasteiger partial charge in [-0.2, -0.15) is 0 Å². The van der Waals surface area contributed by atoms with Gasteiger partial charge >= 0.3 is 5.97 Å². The lowest BCUT2D eigenvalue weighted by molar-refractivity contribution is -0.131. The molecule has 1 atom stereocenters. The molecule has 4 nitrogen and oxygen atoms in total. The van der Waals surface area contributed by atoms with Crippen LogP contribution in [0, 0.1) is 0 Å². The molecule has 1 fully saturated rings. The Morgan fingerprint density at radius 1 is 1.60 bits per heavy atom. The van der Waals surface area contributed by atoms with Gasteiger partial charge in [0.2, 0.25) is 0 Å². The van der Waals surface area contributed by atoms with E-state index in [1.165, 1.54) is 23.8 Å². The summed E-state index contributed by atoms with van der Waals surface area (Å²) in [6.45, 7) is 2.64. The van der Waals surface area contributed by atoms with E-state index in [-0.39, 0.29) is 0 Å². The Kier molecular flexibility index (Phi) is 5.76. The van der Waals surface area contributed by atoms with E-state index in [0.717, 1.165) is 31.7 Å². The maximum atomic E-state index is 10.6. The van der Waals surface area contributed by atoms with Gasteiger partial charge in [-0.1, -0.05) is 0 Å². The summed E-state index contributed by atoms with van der Waals surface area (Å²) in [6.07, 6.45) is 6.77. The van der Waals surface area contributed by atoms with Crippen LogP contribution in [-0.2, 0) is 16.1 Å². The Morgan fingerprint density at radius 2 is 2.45 bits per heavy atom. The third-order valence-electron chi connectivity index (χ3n) is 3.39. The van der Waals surface area contributed by atoms with E-state index in [9.17, 15) is 4.79 Å². The minimum atomic E-state index is -0.911. The molecule has 1 unspecified atom stereocenters. The molecule has 0 spiro atoms. The van der Waals surface area contributed by atoms with E-state index in [1.54, 1.807) is 17.4 Å². The van der Waals surface area contributed by atoms with Gasteiger partial charge in [-0.25, -0.2) is 4.79 Å². The maximum Gasteiger partial charge on any atom is 0.328 e. The van der Waals surface area contributed by atoms with Crippen LogP contribution in [0.3, 0.4) is 0 Å². The smallest absolute Gasteiger partial charge is 0.328 e. The van der Waals surface area contributed by atoms with Crippen molar-refractivity contribution in [2.24, 2.45) is 0 Å². The second-order valence-electron chi connectivity index (χ2n) is 5.16. The number of hydrogen-bond acceptors (Lipinski definition) is 4. The van der Waals surface area contributed by atoms with Crippen molar-refractivity contribution >= 4 is 23.4 Å². The molecule has 1 N–H and O–H groups in total. The molecule has 0 amide bonds. The summed E-state index contributed by atoms with van der Waals surface area (Å²) in [7, 11) is 2.09. The molecule has 1 aromatic heterocycles. The summed E-state index contributed by atoms with van der Waals surface area (Å²) in [4.78, 5) is 14.0. The second kappa shape index (κ2) is 7.57. The summed E-state index contributed by atoms with van der Waals surface area (Å²) in [5.74, 6) is -0.911. The van der Waals surface area contributed by atoms with Gasteiger partial charge < -0.3 is 9.84 Å². The number of thiophene rings is 1. The van der Waals surface area contributed by atoms with Crippen molar-refractivity contribution in [2.75, 3.05) is 20.2 Å². The van der Waals surface area contributed by atoms with Gasteiger partial charge in [0.15, 0.2) is 0 Å². The van der Waals surface area contributed by atoms with E-state index >= 15 is 0 Å². The summed E-state index contributed by atoms with van der Waals surface area (Å²) in [5.41, 5.74) is 0.994. The summed E-state index contributed by atoms with van der Waals surface area (Å²) >= 11 is 1.66. The lowest BCUT2D eigenvalue weighted by atomic mass is 10.1. The number of carboxylic acids is 1. The minimum Gasteiger partial charge on any atom is -0.478 e. The molecule has 0 bridgehead atoms. The predicted molar refractivity (Wildman–Crippen MR) is 80.9 cm³/mol. The number of carbonyl (C=O) groups is 1. The zero-order chi connectivity index (χ0) is 14.4. The van der Waals surface area contributed by atoms with Gasteiger partial charge in [0.05, 0.1) is 6.10 Å². The number of aliphatic carboxylic acids is 1. The van der Waals surface area contributed by atoms with Gasteiger partial charge in [0.25, 0.3) is 0 Å².